The number of methoxy groups -OCH3 is 1. The van der Waals surface area contributed by atoms with Crippen LogP contribution in [-0.2, 0) is 4.74 Å². The van der Waals surface area contributed by atoms with Gasteiger partial charge in [-0.15, -0.1) is 11.3 Å². The summed E-state index contributed by atoms with van der Waals surface area (Å²) in [5.41, 5.74) is 1.12. The quantitative estimate of drug-likeness (QED) is 0.722. The maximum atomic E-state index is 12.3. The van der Waals surface area contributed by atoms with E-state index < -0.39 is 12.1 Å². The van der Waals surface area contributed by atoms with E-state index in [2.05, 4.69) is 9.97 Å². The summed E-state index contributed by atoms with van der Waals surface area (Å²) in [6, 6.07) is 6.62. The molecule has 2 aromatic heterocycles. The predicted octanol–water partition coefficient (Wildman–Crippen LogP) is 3.53. The number of hydrogen-bond acceptors (Lipinski definition) is 6. The fraction of sp³-hybridized carbons (Fsp3) is 0.278. The minimum absolute atomic E-state index is 0.214. The Bertz CT molecular complexity index is 989. The summed E-state index contributed by atoms with van der Waals surface area (Å²) in [6.07, 6.45) is -0.672. The molecule has 25 heavy (non-hydrogen) atoms. The fourth-order valence-corrected chi connectivity index (χ4v) is 3.51. The van der Waals surface area contributed by atoms with Crippen molar-refractivity contribution in [3.63, 3.8) is 0 Å². The van der Waals surface area contributed by atoms with Gasteiger partial charge in [-0.05, 0) is 50.6 Å². The van der Waals surface area contributed by atoms with Gasteiger partial charge in [-0.3, -0.25) is 4.79 Å². The molecule has 0 saturated heterocycles. The maximum Gasteiger partial charge on any atom is 0.338 e. The van der Waals surface area contributed by atoms with Crippen molar-refractivity contribution in [2.24, 2.45) is 0 Å². The van der Waals surface area contributed by atoms with Gasteiger partial charge in [0.1, 0.15) is 10.6 Å². The third-order valence-electron chi connectivity index (χ3n) is 4.05. The normalized spacial score (nSPS) is 12.2. The molecule has 3 aromatic rings. The molecule has 7 heteroatoms. The van der Waals surface area contributed by atoms with Gasteiger partial charge < -0.3 is 14.5 Å². The highest BCUT2D eigenvalue weighted by Crippen LogP contribution is 2.27. The summed E-state index contributed by atoms with van der Waals surface area (Å²) in [4.78, 5) is 33.5. The fourth-order valence-electron chi connectivity index (χ4n) is 2.48. The standard InChI is InChI=1S/C18H18N2O4S/c1-9-11(3)25-17-14(9)16(21)19-15(20-17)10(2)24-18(22)12-5-7-13(23-4)8-6-12/h5-8,10H,1-4H3,(H,19,20,21)/t10-/m1/s1. The molecular formula is C18H18N2O4S. The second kappa shape index (κ2) is 6.68. The first-order valence-corrected chi connectivity index (χ1v) is 8.57. The molecule has 0 fully saturated rings. The van der Waals surface area contributed by atoms with E-state index in [-0.39, 0.29) is 5.56 Å². The zero-order chi connectivity index (χ0) is 18.1. The number of ether oxygens (including phenoxy) is 2. The van der Waals surface area contributed by atoms with E-state index in [1.54, 1.807) is 38.3 Å². The van der Waals surface area contributed by atoms with Gasteiger partial charge in [-0.1, -0.05) is 0 Å². The van der Waals surface area contributed by atoms with Crippen LogP contribution in [0, 0.1) is 13.8 Å². The molecule has 6 nitrogen and oxygen atoms in total. The first-order chi connectivity index (χ1) is 11.9. The number of esters is 1. The van der Waals surface area contributed by atoms with Crippen LogP contribution in [0.1, 0.15) is 39.7 Å². The predicted molar refractivity (Wildman–Crippen MR) is 96.5 cm³/mol. The number of carbonyl (C=O) groups excluding carboxylic acids is 1. The first-order valence-electron chi connectivity index (χ1n) is 7.75. The molecular weight excluding hydrogens is 340 g/mol. The lowest BCUT2D eigenvalue weighted by molar-refractivity contribution is 0.0320. The van der Waals surface area contributed by atoms with E-state index in [0.717, 1.165) is 10.4 Å². The van der Waals surface area contributed by atoms with E-state index in [1.807, 2.05) is 13.8 Å². The Kier molecular flexibility index (Phi) is 4.59. The van der Waals surface area contributed by atoms with E-state index >= 15 is 0 Å². The van der Waals surface area contributed by atoms with Crippen molar-refractivity contribution in [2.45, 2.75) is 26.9 Å². The van der Waals surface area contributed by atoms with Gasteiger partial charge in [-0.25, -0.2) is 9.78 Å². The molecule has 130 valence electrons. The molecule has 1 N–H and O–H groups in total. The smallest absolute Gasteiger partial charge is 0.338 e. The van der Waals surface area contributed by atoms with Crippen LogP contribution in [0.25, 0.3) is 10.2 Å². The zero-order valence-electron chi connectivity index (χ0n) is 14.4. The number of rotatable bonds is 4. The van der Waals surface area contributed by atoms with Crippen LogP contribution in [0.2, 0.25) is 0 Å². The van der Waals surface area contributed by atoms with Crippen LogP contribution >= 0.6 is 11.3 Å². The maximum absolute atomic E-state index is 12.3. The van der Waals surface area contributed by atoms with Crippen molar-refractivity contribution < 1.29 is 14.3 Å². The lowest BCUT2D eigenvalue weighted by atomic mass is 10.2. The molecule has 0 bridgehead atoms. The number of aromatic amines is 1. The molecule has 1 aromatic carbocycles. The summed E-state index contributed by atoms with van der Waals surface area (Å²) in [5.74, 6) is 0.501. The Morgan fingerprint density at radius 2 is 1.92 bits per heavy atom. The van der Waals surface area contributed by atoms with Gasteiger partial charge in [0, 0.05) is 4.88 Å². The molecule has 0 aliphatic rings. The van der Waals surface area contributed by atoms with E-state index in [4.69, 9.17) is 9.47 Å². The molecule has 3 rings (SSSR count). The third-order valence-corrected chi connectivity index (χ3v) is 5.15. The highest BCUT2D eigenvalue weighted by atomic mass is 32.1. The van der Waals surface area contributed by atoms with Gasteiger partial charge in [0.15, 0.2) is 11.9 Å². The molecule has 0 aliphatic heterocycles. The summed E-state index contributed by atoms with van der Waals surface area (Å²) in [6.45, 7) is 5.53. The third kappa shape index (κ3) is 3.28. The number of nitrogens with one attached hydrogen (secondary N) is 1. The molecule has 0 saturated carbocycles. The number of nitrogens with zero attached hydrogens (tertiary/aromatic N) is 1. The summed E-state index contributed by atoms with van der Waals surface area (Å²) < 4.78 is 10.5. The van der Waals surface area contributed by atoms with Crippen LogP contribution < -0.4 is 10.3 Å². The summed E-state index contributed by atoms with van der Waals surface area (Å²) in [5, 5.41) is 0.597. The molecule has 0 aliphatic carbocycles. The second-order valence-corrected chi connectivity index (χ2v) is 6.89. The second-order valence-electron chi connectivity index (χ2n) is 5.69. The highest BCUT2D eigenvalue weighted by Gasteiger charge is 2.19. The SMILES string of the molecule is COc1ccc(C(=O)O[C@H](C)c2nc3sc(C)c(C)c3c(=O)[nH]2)cc1. The average Bonchev–Trinajstić information content (AvgIpc) is 2.89. The number of benzene rings is 1. The molecule has 1 atom stereocenters. The Morgan fingerprint density at radius 3 is 2.56 bits per heavy atom. The largest absolute Gasteiger partial charge is 0.497 e. The Hall–Kier alpha value is -2.67. The van der Waals surface area contributed by atoms with Crippen LogP contribution in [0.5, 0.6) is 5.75 Å². The van der Waals surface area contributed by atoms with Crippen molar-refractivity contribution in [3.8, 4) is 5.75 Å². The molecule has 0 amide bonds. The lowest BCUT2D eigenvalue weighted by Crippen LogP contribution is -2.17. The number of H-pyrrole nitrogens is 1. The molecule has 0 spiro atoms. The highest BCUT2D eigenvalue weighted by molar-refractivity contribution is 7.18. The topological polar surface area (TPSA) is 81.3 Å². The number of aromatic nitrogens is 2. The Labute approximate surface area is 148 Å². The number of thiophene rings is 1. The van der Waals surface area contributed by atoms with Crippen LogP contribution in [0.15, 0.2) is 29.1 Å². The van der Waals surface area contributed by atoms with E-state index in [1.165, 1.54) is 11.3 Å². The van der Waals surface area contributed by atoms with Crippen molar-refractivity contribution >= 4 is 27.5 Å². The van der Waals surface area contributed by atoms with E-state index in [0.29, 0.717) is 27.4 Å². The van der Waals surface area contributed by atoms with Crippen molar-refractivity contribution in [1.29, 1.82) is 0 Å². The molecule has 0 unspecified atom stereocenters. The van der Waals surface area contributed by atoms with Crippen LogP contribution in [0.4, 0.5) is 0 Å². The first kappa shape index (κ1) is 17.2. The number of aryl methyl sites for hydroxylation is 2. The summed E-state index contributed by atoms with van der Waals surface area (Å²) in [7, 11) is 1.56. The Morgan fingerprint density at radius 1 is 1.24 bits per heavy atom. The number of hydrogen-bond donors (Lipinski definition) is 1. The monoisotopic (exact) mass is 358 g/mol. The minimum atomic E-state index is -0.672. The van der Waals surface area contributed by atoms with Gasteiger partial charge in [-0.2, -0.15) is 0 Å². The van der Waals surface area contributed by atoms with Gasteiger partial charge >= 0.3 is 5.97 Å². The van der Waals surface area contributed by atoms with Crippen molar-refractivity contribution in [3.05, 3.63) is 56.4 Å². The number of fused-ring (bicyclic) bond motifs is 1. The van der Waals surface area contributed by atoms with E-state index in [9.17, 15) is 9.59 Å². The van der Waals surface area contributed by atoms with Crippen molar-refractivity contribution in [2.75, 3.05) is 7.11 Å². The van der Waals surface area contributed by atoms with Crippen molar-refractivity contribution in [1.82, 2.24) is 9.97 Å². The Balaban J connectivity index is 1.85. The lowest BCUT2D eigenvalue weighted by Gasteiger charge is -2.12. The van der Waals surface area contributed by atoms with Crippen LogP contribution in [0.3, 0.4) is 0 Å². The van der Waals surface area contributed by atoms with Crippen LogP contribution in [-0.4, -0.2) is 23.0 Å². The van der Waals surface area contributed by atoms with Gasteiger partial charge in [0.25, 0.3) is 5.56 Å². The molecule has 0 radical (unpaired) electrons. The van der Waals surface area contributed by atoms with Gasteiger partial charge in [0.05, 0.1) is 18.1 Å². The van der Waals surface area contributed by atoms with Gasteiger partial charge in [0.2, 0.25) is 0 Å². The number of carbonyl (C=O) groups is 1. The summed E-state index contributed by atoms with van der Waals surface area (Å²) >= 11 is 1.46. The zero-order valence-corrected chi connectivity index (χ0v) is 15.2. The molecule has 2 heterocycles. The minimum Gasteiger partial charge on any atom is -0.497 e. The average molecular weight is 358 g/mol.